The second kappa shape index (κ2) is 8.80. The molecule has 0 unspecified atom stereocenters. The maximum atomic E-state index is 12.6. The molecule has 6 nitrogen and oxygen atoms in total. The molecule has 0 spiro atoms. The molecule has 0 saturated carbocycles. The van der Waals surface area contributed by atoms with E-state index < -0.39 is 21.5 Å². The Labute approximate surface area is 175 Å². The Bertz CT molecular complexity index is 1100. The van der Waals surface area contributed by atoms with Gasteiger partial charge in [0.25, 0.3) is 0 Å². The average molecular weight is 432 g/mol. The van der Waals surface area contributed by atoms with Crippen molar-refractivity contribution in [2.75, 3.05) is 11.1 Å². The molecular formula is C21H22ClN3O3S. The average Bonchev–Trinajstić information content (AvgIpc) is 3.04. The second-order valence-corrected chi connectivity index (χ2v) is 9.45. The number of amides is 1. The highest BCUT2D eigenvalue weighted by molar-refractivity contribution is 7.91. The van der Waals surface area contributed by atoms with E-state index in [0.717, 1.165) is 16.7 Å². The molecule has 0 atom stereocenters. The number of nitrogens with one attached hydrogen (secondary N) is 1. The van der Waals surface area contributed by atoms with Crippen LogP contribution in [0.15, 0.2) is 54.9 Å². The van der Waals surface area contributed by atoms with E-state index in [4.69, 9.17) is 11.6 Å². The van der Waals surface area contributed by atoms with Crippen molar-refractivity contribution >= 4 is 33.0 Å². The zero-order valence-corrected chi connectivity index (χ0v) is 17.8. The Hall–Kier alpha value is -2.64. The van der Waals surface area contributed by atoms with E-state index in [9.17, 15) is 13.2 Å². The predicted octanol–water partition coefficient (Wildman–Crippen LogP) is 3.76. The Morgan fingerprint density at radius 2 is 1.90 bits per heavy atom. The van der Waals surface area contributed by atoms with Gasteiger partial charge in [-0.2, -0.15) is 0 Å². The topological polar surface area (TPSA) is 81.1 Å². The van der Waals surface area contributed by atoms with Crippen molar-refractivity contribution in [3.8, 4) is 0 Å². The number of carbonyl (C=O) groups is 1. The van der Waals surface area contributed by atoms with E-state index >= 15 is 0 Å². The van der Waals surface area contributed by atoms with E-state index in [-0.39, 0.29) is 5.75 Å². The lowest BCUT2D eigenvalue weighted by Crippen LogP contribution is -2.25. The molecule has 2 aromatic carbocycles. The van der Waals surface area contributed by atoms with Gasteiger partial charge in [0.2, 0.25) is 5.91 Å². The van der Waals surface area contributed by atoms with Crippen LogP contribution in [0.2, 0.25) is 5.02 Å². The molecule has 0 radical (unpaired) electrons. The molecule has 29 heavy (non-hydrogen) atoms. The van der Waals surface area contributed by atoms with Crippen molar-refractivity contribution in [1.82, 2.24) is 9.55 Å². The molecule has 0 fully saturated rings. The van der Waals surface area contributed by atoms with E-state index in [2.05, 4.69) is 10.3 Å². The van der Waals surface area contributed by atoms with Crippen LogP contribution in [-0.4, -0.2) is 29.6 Å². The summed E-state index contributed by atoms with van der Waals surface area (Å²) in [5.74, 6) is -1.19. The summed E-state index contributed by atoms with van der Waals surface area (Å²) in [7, 11) is -3.71. The molecule has 0 bridgehead atoms. The van der Waals surface area contributed by atoms with E-state index in [1.165, 1.54) is 0 Å². The third-order valence-corrected chi connectivity index (χ3v) is 6.09. The summed E-state index contributed by atoms with van der Waals surface area (Å²) in [6.07, 6.45) is 3.29. The van der Waals surface area contributed by atoms with Crippen LogP contribution in [0, 0.1) is 13.8 Å². The predicted molar refractivity (Wildman–Crippen MR) is 115 cm³/mol. The van der Waals surface area contributed by atoms with Crippen molar-refractivity contribution in [2.45, 2.75) is 26.1 Å². The highest BCUT2D eigenvalue weighted by Gasteiger charge is 2.21. The van der Waals surface area contributed by atoms with Crippen molar-refractivity contribution in [3.05, 3.63) is 82.4 Å². The highest BCUT2D eigenvalue weighted by Crippen LogP contribution is 2.27. The minimum atomic E-state index is -3.71. The number of aryl methyl sites for hydroxylation is 2. The lowest BCUT2D eigenvalue weighted by atomic mass is 10.1. The summed E-state index contributed by atoms with van der Waals surface area (Å²) < 4.78 is 26.9. The first-order valence-electron chi connectivity index (χ1n) is 9.04. The zero-order valence-electron chi connectivity index (χ0n) is 16.2. The number of hydrogen-bond donors (Lipinski definition) is 1. The van der Waals surface area contributed by atoms with Crippen LogP contribution in [0.25, 0.3) is 0 Å². The number of aromatic nitrogens is 2. The lowest BCUT2D eigenvalue weighted by Gasteiger charge is -2.12. The standard InChI is InChI=1S/C21H22ClN3O3S/c1-15-10-16(2)21(18(22)11-15)24-20(26)14-29(27,28)13-19-23-8-9-25(19)12-17-6-4-3-5-7-17/h3-11H,12-14H2,1-2H3,(H,24,26). The number of anilines is 1. The quantitative estimate of drug-likeness (QED) is 0.617. The van der Waals surface area contributed by atoms with Gasteiger partial charge < -0.3 is 9.88 Å². The molecule has 1 aromatic heterocycles. The SMILES string of the molecule is Cc1cc(C)c(NC(=O)CS(=O)(=O)Cc2nccn2Cc2ccccc2)c(Cl)c1. The zero-order chi connectivity index (χ0) is 21.0. The number of sulfone groups is 1. The molecule has 1 N–H and O–H groups in total. The summed E-state index contributed by atoms with van der Waals surface area (Å²) in [6, 6.07) is 13.3. The minimum Gasteiger partial charge on any atom is -0.330 e. The van der Waals surface area contributed by atoms with Crippen LogP contribution in [0.5, 0.6) is 0 Å². The molecule has 3 rings (SSSR count). The maximum absolute atomic E-state index is 12.6. The molecule has 152 valence electrons. The smallest absolute Gasteiger partial charge is 0.239 e. The van der Waals surface area contributed by atoms with Gasteiger partial charge in [0, 0.05) is 18.9 Å². The van der Waals surface area contributed by atoms with E-state index in [1.54, 1.807) is 23.0 Å². The van der Waals surface area contributed by atoms with Gasteiger partial charge in [-0.3, -0.25) is 4.79 Å². The number of hydrogen-bond acceptors (Lipinski definition) is 4. The van der Waals surface area contributed by atoms with Crippen LogP contribution >= 0.6 is 11.6 Å². The minimum absolute atomic E-state index is 0.319. The summed E-state index contributed by atoms with van der Waals surface area (Å²) in [5, 5.41) is 3.00. The molecular weight excluding hydrogens is 410 g/mol. The van der Waals surface area contributed by atoms with Crippen LogP contribution in [0.1, 0.15) is 22.5 Å². The van der Waals surface area contributed by atoms with Crippen LogP contribution < -0.4 is 5.32 Å². The largest absolute Gasteiger partial charge is 0.330 e. The molecule has 1 amide bonds. The first kappa shape index (κ1) is 21.1. The van der Waals surface area contributed by atoms with Gasteiger partial charge in [0.05, 0.1) is 10.7 Å². The molecule has 8 heteroatoms. The fraction of sp³-hybridized carbons (Fsp3) is 0.238. The Morgan fingerprint density at radius 3 is 2.59 bits per heavy atom. The molecule has 0 aliphatic heterocycles. The van der Waals surface area contributed by atoms with Crippen LogP contribution in [0.4, 0.5) is 5.69 Å². The van der Waals surface area contributed by atoms with E-state index in [1.807, 2.05) is 50.2 Å². The number of imidazole rings is 1. The van der Waals surface area contributed by atoms with Crippen molar-refractivity contribution in [2.24, 2.45) is 0 Å². The number of benzene rings is 2. The molecule has 1 heterocycles. The summed E-state index contributed by atoms with van der Waals surface area (Å²) in [4.78, 5) is 16.5. The van der Waals surface area contributed by atoms with Gasteiger partial charge in [0.1, 0.15) is 17.3 Å². The lowest BCUT2D eigenvalue weighted by molar-refractivity contribution is -0.113. The number of rotatable bonds is 7. The van der Waals surface area contributed by atoms with Gasteiger partial charge in [-0.15, -0.1) is 0 Å². The van der Waals surface area contributed by atoms with Gasteiger partial charge >= 0.3 is 0 Å². The Kier molecular flexibility index (Phi) is 6.39. The van der Waals surface area contributed by atoms with Crippen LogP contribution in [-0.2, 0) is 26.9 Å². The number of halogens is 1. The van der Waals surface area contributed by atoms with Crippen molar-refractivity contribution < 1.29 is 13.2 Å². The third-order valence-electron chi connectivity index (χ3n) is 4.39. The van der Waals surface area contributed by atoms with Gasteiger partial charge in [-0.1, -0.05) is 48.0 Å². The normalized spacial score (nSPS) is 11.4. The van der Waals surface area contributed by atoms with Crippen molar-refractivity contribution in [3.63, 3.8) is 0 Å². The first-order chi connectivity index (χ1) is 13.7. The van der Waals surface area contributed by atoms with E-state index in [0.29, 0.717) is 23.1 Å². The van der Waals surface area contributed by atoms with Gasteiger partial charge in [-0.05, 0) is 36.6 Å². The maximum Gasteiger partial charge on any atom is 0.239 e. The molecule has 3 aromatic rings. The third kappa shape index (κ3) is 5.68. The van der Waals surface area contributed by atoms with Crippen molar-refractivity contribution in [1.29, 1.82) is 0 Å². The summed E-state index contributed by atoms with van der Waals surface area (Å²) >= 11 is 6.19. The highest BCUT2D eigenvalue weighted by atomic mass is 35.5. The Morgan fingerprint density at radius 1 is 1.17 bits per heavy atom. The first-order valence-corrected chi connectivity index (χ1v) is 11.2. The van der Waals surface area contributed by atoms with Gasteiger partial charge in [-0.25, -0.2) is 13.4 Å². The second-order valence-electron chi connectivity index (χ2n) is 6.98. The summed E-state index contributed by atoms with van der Waals surface area (Å²) in [6.45, 7) is 4.21. The molecule has 0 aliphatic rings. The number of carbonyl (C=O) groups excluding carboxylic acids is 1. The van der Waals surface area contributed by atoms with Gasteiger partial charge in [0.15, 0.2) is 9.84 Å². The monoisotopic (exact) mass is 431 g/mol. The summed E-state index contributed by atoms with van der Waals surface area (Å²) in [5.41, 5.74) is 3.21. The number of nitrogens with zero attached hydrogens (tertiary/aromatic N) is 2. The van der Waals surface area contributed by atoms with Crippen LogP contribution in [0.3, 0.4) is 0 Å². The molecule has 0 aliphatic carbocycles. The Balaban J connectivity index is 1.68. The fourth-order valence-corrected chi connectivity index (χ4v) is 4.68. The molecule has 0 saturated heterocycles. The fourth-order valence-electron chi connectivity index (χ4n) is 3.10.